The molecule has 0 saturated heterocycles. The summed E-state index contributed by atoms with van der Waals surface area (Å²) in [5.41, 5.74) is 3.83. The molecule has 0 spiro atoms. The zero-order valence-corrected chi connectivity index (χ0v) is 9.90. The van der Waals surface area contributed by atoms with E-state index < -0.39 is 0 Å². The van der Waals surface area contributed by atoms with Gasteiger partial charge in [-0.05, 0) is 48.6 Å². The molecule has 0 aliphatic rings. The fourth-order valence-electron chi connectivity index (χ4n) is 1.68. The average molecular weight is 217 g/mol. The Bertz CT molecular complexity index is 412. The topological polar surface area (TPSA) is 12.0 Å². The van der Waals surface area contributed by atoms with Gasteiger partial charge in [-0.15, -0.1) is 11.3 Å². The summed E-state index contributed by atoms with van der Waals surface area (Å²) in [7, 11) is 0. The maximum atomic E-state index is 3.44. The van der Waals surface area contributed by atoms with Crippen molar-refractivity contribution in [3.05, 3.63) is 51.7 Å². The van der Waals surface area contributed by atoms with Crippen LogP contribution in [0, 0.1) is 13.8 Å². The van der Waals surface area contributed by atoms with Gasteiger partial charge in [-0.2, -0.15) is 0 Å². The molecule has 1 N–H and O–H groups in total. The second-order valence-corrected chi connectivity index (χ2v) is 4.84. The molecule has 2 aromatic rings. The molecule has 0 fully saturated rings. The van der Waals surface area contributed by atoms with Crippen molar-refractivity contribution in [1.82, 2.24) is 0 Å². The SMILES string of the molecule is Cc1cc(C)cc(NCc2cccs2)c1. The summed E-state index contributed by atoms with van der Waals surface area (Å²) < 4.78 is 0. The highest BCUT2D eigenvalue weighted by Gasteiger charge is 1.96. The van der Waals surface area contributed by atoms with E-state index >= 15 is 0 Å². The van der Waals surface area contributed by atoms with E-state index in [4.69, 9.17) is 0 Å². The second-order valence-electron chi connectivity index (χ2n) is 3.81. The fraction of sp³-hybridized carbons (Fsp3) is 0.231. The summed E-state index contributed by atoms with van der Waals surface area (Å²) in [4.78, 5) is 1.37. The van der Waals surface area contributed by atoms with Crippen LogP contribution in [0.25, 0.3) is 0 Å². The van der Waals surface area contributed by atoms with Gasteiger partial charge in [0, 0.05) is 17.1 Å². The van der Waals surface area contributed by atoms with Gasteiger partial charge in [0.1, 0.15) is 0 Å². The summed E-state index contributed by atoms with van der Waals surface area (Å²) in [6.07, 6.45) is 0. The van der Waals surface area contributed by atoms with Gasteiger partial charge >= 0.3 is 0 Å². The summed E-state index contributed by atoms with van der Waals surface area (Å²) in [6, 6.07) is 10.8. The van der Waals surface area contributed by atoms with E-state index in [1.54, 1.807) is 11.3 Å². The first-order valence-electron chi connectivity index (χ1n) is 5.08. The molecule has 0 aliphatic carbocycles. The van der Waals surface area contributed by atoms with Crippen LogP contribution in [0.2, 0.25) is 0 Å². The van der Waals surface area contributed by atoms with E-state index in [1.165, 1.54) is 21.7 Å². The molecule has 0 unspecified atom stereocenters. The second kappa shape index (κ2) is 4.49. The Hall–Kier alpha value is -1.28. The molecule has 78 valence electrons. The van der Waals surface area contributed by atoms with Crippen LogP contribution in [0.5, 0.6) is 0 Å². The highest BCUT2D eigenvalue weighted by molar-refractivity contribution is 7.09. The molecule has 2 heteroatoms. The minimum absolute atomic E-state index is 0.917. The first kappa shape index (κ1) is 10.2. The van der Waals surface area contributed by atoms with Crippen molar-refractivity contribution >= 4 is 17.0 Å². The standard InChI is InChI=1S/C13H15NS/c1-10-6-11(2)8-12(7-10)14-9-13-4-3-5-15-13/h3-8,14H,9H2,1-2H3. The van der Waals surface area contributed by atoms with Crippen molar-refractivity contribution in [3.63, 3.8) is 0 Å². The zero-order chi connectivity index (χ0) is 10.7. The van der Waals surface area contributed by atoms with E-state index in [-0.39, 0.29) is 0 Å². The Balaban J connectivity index is 2.05. The van der Waals surface area contributed by atoms with E-state index in [9.17, 15) is 0 Å². The third-order valence-corrected chi connectivity index (χ3v) is 3.14. The number of hydrogen-bond acceptors (Lipinski definition) is 2. The Morgan fingerprint density at radius 2 is 1.87 bits per heavy atom. The Morgan fingerprint density at radius 1 is 1.13 bits per heavy atom. The maximum Gasteiger partial charge on any atom is 0.0494 e. The molecule has 0 amide bonds. The van der Waals surface area contributed by atoms with Gasteiger partial charge < -0.3 is 5.32 Å². The summed E-state index contributed by atoms with van der Waals surface area (Å²) in [5, 5.41) is 5.55. The number of benzene rings is 1. The molecule has 1 aromatic heterocycles. The van der Waals surface area contributed by atoms with Crippen molar-refractivity contribution in [2.24, 2.45) is 0 Å². The van der Waals surface area contributed by atoms with Gasteiger partial charge in [-0.1, -0.05) is 12.1 Å². The van der Waals surface area contributed by atoms with Crippen LogP contribution in [-0.4, -0.2) is 0 Å². The lowest BCUT2D eigenvalue weighted by atomic mass is 10.1. The van der Waals surface area contributed by atoms with E-state index in [0.29, 0.717) is 0 Å². The van der Waals surface area contributed by atoms with Crippen molar-refractivity contribution in [3.8, 4) is 0 Å². The van der Waals surface area contributed by atoms with Crippen molar-refractivity contribution in [2.75, 3.05) is 5.32 Å². The maximum absolute atomic E-state index is 3.44. The van der Waals surface area contributed by atoms with Crippen LogP contribution in [0.3, 0.4) is 0 Å². The molecule has 1 heterocycles. The average Bonchev–Trinajstić information content (AvgIpc) is 2.65. The number of rotatable bonds is 3. The molecular formula is C13H15NS. The number of hydrogen-bond donors (Lipinski definition) is 1. The Morgan fingerprint density at radius 3 is 2.47 bits per heavy atom. The summed E-state index contributed by atoms with van der Waals surface area (Å²) in [5.74, 6) is 0. The van der Waals surface area contributed by atoms with Gasteiger partial charge in [0.05, 0.1) is 0 Å². The van der Waals surface area contributed by atoms with E-state index in [2.05, 4.69) is 54.9 Å². The largest absolute Gasteiger partial charge is 0.380 e. The predicted molar refractivity (Wildman–Crippen MR) is 67.6 cm³/mol. The highest BCUT2D eigenvalue weighted by atomic mass is 32.1. The van der Waals surface area contributed by atoms with Crippen LogP contribution >= 0.6 is 11.3 Å². The lowest BCUT2D eigenvalue weighted by Gasteiger charge is -2.07. The molecular weight excluding hydrogens is 202 g/mol. The summed E-state index contributed by atoms with van der Waals surface area (Å²) in [6.45, 7) is 5.17. The zero-order valence-electron chi connectivity index (χ0n) is 9.08. The molecule has 0 bridgehead atoms. The molecule has 0 aliphatic heterocycles. The van der Waals surface area contributed by atoms with Crippen LogP contribution in [0.1, 0.15) is 16.0 Å². The molecule has 1 aromatic carbocycles. The van der Waals surface area contributed by atoms with E-state index in [0.717, 1.165) is 6.54 Å². The predicted octanol–water partition coefficient (Wildman–Crippen LogP) is 3.98. The molecule has 0 saturated carbocycles. The van der Waals surface area contributed by atoms with Crippen molar-refractivity contribution in [1.29, 1.82) is 0 Å². The lowest BCUT2D eigenvalue weighted by Crippen LogP contribution is -1.97. The molecule has 1 nitrogen and oxygen atoms in total. The fourth-order valence-corrected chi connectivity index (χ4v) is 2.32. The minimum atomic E-state index is 0.917. The van der Waals surface area contributed by atoms with Crippen LogP contribution in [0.4, 0.5) is 5.69 Å². The van der Waals surface area contributed by atoms with Crippen molar-refractivity contribution < 1.29 is 0 Å². The number of nitrogens with one attached hydrogen (secondary N) is 1. The van der Waals surface area contributed by atoms with Crippen LogP contribution in [0.15, 0.2) is 35.7 Å². The Kier molecular flexibility index (Phi) is 3.07. The number of anilines is 1. The van der Waals surface area contributed by atoms with Crippen molar-refractivity contribution in [2.45, 2.75) is 20.4 Å². The van der Waals surface area contributed by atoms with Gasteiger partial charge in [0.2, 0.25) is 0 Å². The minimum Gasteiger partial charge on any atom is -0.380 e. The normalized spacial score (nSPS) is 10.3. The molecule has 0 radical (unpaired) electrons. The summed E-state index contributed by atoms with van der Waals surface area (Å²) >= 11 is 1.79. The molecule has 0 atom stereocenters. The molecule has 2 rings (SSSR count). The highest BCUT2D eigenvalue weighted by Crippen LogP contribution is 2.16. The first-order valence-corrected chi connectivity index (χ1v) is 5.96. The van der Waals surface area contributed by atoms with E-state index in [1.807, 2.05) is 0 Å². The quantitative estimate of drug-likeness (QED) is 0.820. The Labute approximate surface area is 94.8 Å². The lowest BCUT2D eigenvalue weighted by molar-refractivity contribution is 1.18. The monoisotopic (exact) mass is 217 g/mol. The van der Waals surface area contributed by atoms with Crippen LogP contribution in [-0.2, 0) is 6.54 Å². The van der Waals surface area contributed by atoms with Crippen LogP contribution < -0.4 is 5.32 Å². The van der Waals surface area contributed by atoms with Gasteiger partial charge in [-0.3, -0.25) is 0 Å². The van der Waals surface area contributed by atoms with Gasteiger partial charge in [-0.25, -0.2) is 0 Å². The number of aryl methyl sites for hydroxylation is 2. The smallest absolute Gasteiger partial charge is 0.0494 e. The number of thiophene rings is 1. The third-order valence-electron chi connectivity index (χ3n) is 2.27. The van der Waals surface area contributed by atoms with Gasteiger partial charge in [0.15, 0.2) is 0 Å². The molecule has 15 heavy (non-hydrogen) atoms. The van der Waals surface area contributed by atoms with Gasteiger partial charge in [0.25, 0.3) is 0 Å². The third kappa shape index (κ3) is 2.83. The first-order chi connectivity index (χ1) is 7.24.